The van der Waals surface area contributed by atoms with E-state index in [1.165, 1.54) is 15.5 Å². The highest BCUT2D eigenvalue weighted by Crippen LogP contribution is 2.29. The summed E-state index contributed by atoms with van der Waals surface area (Å²) in [4.78, 5) is 30.1. The molecule has 0 atom stereocenters. The quantitative estimate of drug-likeness (QED) is 0.712. The van der Waals surface area contributed by atoms with E-state index in [2.05, 4.69) is 4.98 Å². The molecule has 8 nitrogen and oxygen atoms in total. The summed E-state index contributed by atoms with van der Waals surface area (Å²) < 4.78 is 10.4. The zero-order valence-electron chi connectivity index (χ0n) is 17.2. The number of benzene rings is 1. The van der Waals surface area contributed by atoms with Crippen LogP contribution in [0.2, 0.25) is 0 Å². The van der Waals surface area contributed by atoms with E-state index in [4.69, 9.17) is 10.5 Å². The van der Waals surface area contributed by atoms with Crippen LogP contribution in [0.3, 0.4) is 0 Å². The minimum atomic E-state index is -0.573. The Morgan fingerprint density at radius 3 is 2.50 bits per heavy atom. The van der Waals surface area contributed by atoms with Gasteiger partial charge in [-0.2, -0.15) is 0 Å². The molecular formula is C20H27N5O3. The number of hydrogen-bond acceptors (Lipinski definition) is 5. The Bertz CT molecular complexity index is 1170. The molecule has 0 unspecified atom stereocenters. The molecule has 2 heterocycles. The van der Waals surface area contributed by atoms with Crippen molar-refractivity contribution in [1.82, 2.24) is 18.7 Å². The van der Waals surface area contributed by atoms with Crippen molar-refractivity contribution >= 4 is 11.2 Å². The number of hydrogen-bond donors (Lipinski definition) is 1. The third-order valence-electron chi connectivity index (χ3n) is 4.90. The third kappa shape index (κ3) is 3.35. The normalized spacial score (nSPS) is 12.0. The van der Waals surface area contributed by atoms with Gasteiger partial charge in [0, 0.05) is 26.2 Å². The van der Waals surface area contributed by atoms with Crippen LogP contribution in [-0.2, 0) is 20.6 Å². The molecule has 0 saturated heterocycles. The van der Waals surface area contributed by atoms with Crippen molar-refractivity contribution in [2.75, 3.05) is 6.54 Å². The summed E-state index contributed by atoms with van der Waals surface area (Å²) in [6.45, 7) is 8.17. The summed E-state index contributed by atoms with van der Waals surface area (Å²) in [5, 5.41) is 0. The maximum absolute atomic E-state index is 13.0. The van der Waals surface area contributed by atoms with Gasteiger partial charge in [0.05, 0.1) is 12.9 Å². The van der Waals surface area contributed by atoms with Crippen molar-refractivity contribution in [2.45, 2.75) is 39.8 Å². The molecule has 0 spiro atoms. The van der Waals surface area contributed by atoms with Crippen molar-refractivity contribution in [2.24, 2.45) is 19.8 Å². The third-order valence-corrected chi connectivity index (χ3v) is 4.90. The molecule has 150 valence electrons. The second-order valence-corrected chi connectivity index (χ2v) is 7.90. The first-order valence-corrected chi connectivity index (χ1v) is 9.16. The lowest BCUT2D eigenvalue weighted by Gasteiger charge is -2.28. The fourth-order valence-electron chi connectivity index (χ4n) is 3.33. The van der Waals surface area contributed by atoms with E-state index in [-0.39, 0.29) is 12.1 Å². The highest BCUT2D eigenvalue weighted by Gasteiger charge is 2.22. The lowest BCUT2D eigenvalue weighted by molar-refractivity contribution is 0.116. The molecule has 0 aliphatic heterocycles. The first-order valence-electron chi connectivity index (χ1n) is 9.16. The van der Waals surface area contributed by atoms with Crippen LogP contribution in [0.4, 0.5) is 0 Å². The number of nitrogens with zero attached hydrogens (tertiary/aromatic N) is 4. The zero-order chi connectivity index (χ0) is 20.8. The van der Waals surface area contributed by atoms with Crippen molar-refractivity contribution < 1.29 is 4.74 Å². The van der Waals surface area contributed by atoms with E-state index < -0.39 is 11.3 Å². The van der Waals surface area contributed by atoms with Gasteiger partial charge in [-0.05, 0) is 33.3 Å². The maximum atomic E-state index is 13.0. The summed E-state index contributed by atoms with van der Waals surface area (Å²) in [7, 11) is 3.35. The molecule has 0 saturated carbocycles. The van der Waals surface area contributed by atoms with Crippen molar-refractivity contribution in [3.63, 3.8) is 0 Å². The fourth-order valence-corrected chi connectivity index (χ4v) is 3.33. The molecule has 3 aromatic rings. The van der Waals surface area contributed by atoms with Gasteiger partial charge in [0.15, 0.2) is 11.2 Å². The van der Waals surface area contributed by atoms with E-state index in [1.54, 1.807) is 18.7 Å². The molecule has 8 heteroatoms. The second-order valence-electron chi connectivity index (χ2n) is 7.90. The monoisotopic (exact) mass is 385 g/mol. The first-order chi connectivity index (χ1) is 13.1. The maximum Gasteiger partial charge on any atom is 0.332 e. The molecule has 28 heavy (non-hydrogen) atoms. The molecule has 0 aliphatic rings. The average molecular weight is 385 g/mol. The highest BCUT2D eigenvalue weighted by molar-refractivity contribution is 5.69. The molecule has 0 radical (unpaired) electrons. The molecular weight excluding hydrogens is 358 g/mol. The van der Waals surface area contributed by atoms with Crippen LogP contribution < -0.4 is 21.7 Å². The smallest absolute Gasteiger partial charge is 0.332 e. The van der Waals surface area contributed by atoms with Gasteiger partial charge in [-0.3, -0.25) is 13.9 Å². The number of imidazole rings is 1. The number of aryl methyl sites for hydroxylation is 4. The van der Waals surface area contributed by atoms with Crippen LogP contribution in [0.15, 0.2) is 28.0 Å². The van der Waals surface area contributed by atoms with E-state index in [1.807, 2.05) is 39.8 Å². The summed E-state index contributed by atoms with van der Waals surface area (Å²) in [6.07, 6.45) is 1.53. The predicted molar refractivity (Wildman–Crippen MR) is 109 cm³/mol. The Hall–Kier alpha value is -2.87. The molecule has 0 amide bonds. The molecule has 3 rings (SSSR count). The van der Waals surface area contributed by atoms with Crippen molar-refractivity contribution in [1.29, 1.82) is 0 Å². The van der Waals surface area contributed by atoms with Crippen LogP contribution in [-0.4, -0.2) is 30.8 Å². The minimum Gasteiger partial charge on any atom is -0.486 e. The number of rotatable bonds is 5. The van der Waals surface area contributed by atoms with E-state index in [0.29, 0.717) is 23.5 Å². The van der Waals surface area contributed by atoms with Gasteiger partial charge in [0.2, 0.25) is 0 Å². The van der Waals surface area contributed by atoms with E-state index in [9.17, 15) is 9.59 Å². The first kappa shape index (κ1) is 19.9. The second kappa shape index (κ2) is 6.94. The van der Waals surface area contributed by atoms with Gasteiger partial charge in [-0.1, -0.05) is 17.7 Å². The Kier molecular flexibility index (Phi) is 4.93. The van der Waals surface area contributed by atoms with Crippen LogP contribution in [0, 0.1) is 13.8 Å². The topological polar surface area (TPSA) is 97.1 Å². The molecule has 0 bridgehead atoms. The Morgan fingerprint density at radius 2 is 1.86 bits per heavy atom. The number of aromatic nitrogens is 4. The van der Waals surface area contributed by atoms with Crippen LogP contribution in [0.5, 0.6) is 5.75 Å². The summed E-state index contributed by atoms with van der Waals surface area (Å²) in [5.41, 5.74) is 7.94. The number of nitrogens with two attached hydrogens (primary N) is 1. The SMILES string of the molecule is Cc1cc(C)c(OC(C)(C)CN)c(Cn2c(=O)c3c(ncn3C)n(C)c2=O)c1. The van der Waals surface area contributed by atoms with Gasteiger partial charge in [0.25, 0.3) is 5.56 Å². The van der Waals surface area contributed by atoms with Crippen molar-refractivity contribution in [3.05, 3.63) is 56.0 Å². The predicted octanol–water partition coefficient (Wildman–Crippen LogP) is 1.21. The number of ether oxygens (including phenoxy) is 1. The van der Waals surface area contributed by atoms with Crippen LogP contribution in [0.1, 0.15) is 30.5 Å². The van der Waals surface area contributed by atoms with Gasteiger partial charge < -0.3 is 15.0 Å². The van der Waals surface area contributed by atoms with Crippen LogP contribution >= 0.6 is 0 Å². The summed E-state index contributed by atoms with van der Waals surface area (Å²) in [6, 6.07) is 3.95. The van der Waals surface area contributed by atoms with Crippen molar-refractivity contribution in [3.8, 4) is 5.75 Å². The average Bonchev–Trinajstić information content (AvgIpc) is 3.01. The Labute approximate surface area is 163 Å². The lowest BCUT2D eigenvalue weighted by atomic mass is 10.0. The van der Waals surface area contributed by atoms with E-state index >= 15 is 0 Å². The molecule has 2 aromatic heterocycles. The molecule has 0 fully saturated rings. The molecule has 0 aliphatic carbocycles. The van der Waals surface area contributed by atoms with Crippen LogP contribution in [0.25, 0.3) is 11.2 Å². The highest BCUT2D eigenvalue weighted by atomic mass is 16.5. The zero-order valence-corrected chi connectivity index (χ0v) is 17.2. The fraction of sp³-hybridized carbons (Fsp3) is 0.450. The molecule has 1 aromatic carbocycles. The summed E-state index contributed by atoms with van der Waals surface area (Å²) in [5.74, 6) is 0.653. The van der Waals surface area contributed by atoms with Gasteiger partial charge in [-0.25, -0.2) is 9.78 Å². The van der Waals surface area contributed by atoms with Gasteiger partial charge in [-0.15, -0.1) is 0 Å². The standard InChI is InChI=1S/C20H27N5O3/c1-12-7-13(2)16(28-20(3,4)10-21)14(8-12)9-25-18(26)15-17(22-11-23(15)5)24(6)19(25)27/h7-8,11H,9-10,21H2,1-6H3. The minimum absolute atomic E-state index is 0.102. The Morgan fingerprint density at radius 1 is 1.18 bits per heavy atom. The summed E-state index contributed by atoms with van der Waals surface area (Å²) >= 11 is 0. The van der Waals surface area contributed by atoms with Gasteiger partial charge in [0.1, 0.15) is 11.4 Å². The van der Waals surface area contributed by atoms with E-state index in [0.717, 1.165) is 16.7 Å². The largest absolute Gasteiger partial charge is 0.486 e. The molecule has 2 N–H and O–H groups in total. The number of fused-ring (bicyclic) bond motifs is 1. The Balaban J connectivity index is 2.21. The lowest BCUT2D eigenvalue weighted by Crippen LogP contribution is -2.40. The van der Waals surface area contributed by atoms with Gasteiger partial charge >= 0.3 is 5.69 Å².